The van der Waals surface area contributed by atoms with Gasteiger partial charge in [-0.2, -0.15) is 0 Å². The Labute approximate surface area is 234 Å². The SMILES string of the molecule is COc1cc(/C=C2\C(=O)NC(=O)N(c3ccc(C)c(Cl)c3)C2=O)cc(Cl)c1OCC(=O)Nc1ccc(C)cc1. The van der Waals surface area contributed by atoms with Crippen LogP contribution in [-0.4, -0.2) is 37.5 Å². The lowest BCUT2D eigenvalue weighted by Crippen LogP contribution is -2.54. The van der Waals surface area contributed by atoms with E-state index in [1.165, 1.54) is 31.4 Å². The predicted molar refractivity (Wildman–Crippen MR) is 148 cm³/mol. The van der Waals surface area contributed by atoms with Crippen LogP contribution in [0, 0.1) is 13.8 Å². The minimum atomic E-state index is -0.898. The molecule has 1 aliphatic rings. The highest BCUT2D eigenvalue weighted by Crippen LogP contribution is 2.37. The molecule has 5 amide bonds. The fourth-order valence-corrected chi connectivity index (χ4v) is 4.16. The van der Waals surface area contributed by atoms with Crippen molar-refractivity contribution in [1.29, 1.82) is 0 Å². The molecule has 0 unspecified atom stereocenters. The first-order valence-corrected chi connectivity index (χ1v) is 12.4. The molecule has 200 valence electrons. The van der Waals surface area contributed by atoms with Crippen LogP contribution in [0.3, 0.4) is 0 Å². The summed E-state index contributed by atoms with van der Waals surface area (Å²) in [5, 5.41) is 5.31. The van der Waals surface area contributed by atoms with Crippen LogP contribution in [0.1, 0.15) is 16.7 Å². The number of hydrogen-bond donors (Lipinski definition) is 2. The van der Waals surface area contributed by atoms with Gasteiger partial charge in [0.2, 0.25) is 0 Å². The smallest absolute Gasteiger partial charge is 0.335 e. The molecular weight excluding hydrogens is 545 g/mol. The lowest BCUT2D eigenvalue weighted by Gasteiger charge is -2.26. The summed E-state index contributed by atoms with van der Waals surface area (Å²) in [6.07, 6.45) is 1.27. The van der Waals surface area contributed by atoms with Crippen LogP contribution >= 0.6 is 23.2 Å². The lowest BCUT2D eigenvalue weighted by molar-refractivity contribution is -0.122. The van der Waals surface area contributed by atoms with Crippen molar-refractivity contribution in [3.8, 4) is 11.5 Å². The average molecular weight is 568 g/mol. The maximum absolute atomic E-state index is 13.2. The minimum Gasteiger partial charge on any atom is -0.493 e. The van der Waals surface area contributed by atoms with Gasteiger partial charge in [0.1, 0.15) is 5.57 Å². The number of carbonyl (C=O) groups is 4. The third-order valence-corrected chi connectivity index (χ3v) is 6.45. The van der Waals surface area contributed by atoms with E-state index >= 15 is 0 Å². The number of nitrogens with zero attached hydrogens (tertiary/aromatic N) is 1. The number of urea groups is 1. The largest absolute Gasteiger partial charge is 0.493 e. The number of amides is 5. The molecule has 9 nitrogen and oxygen atoms in total. The van der Waals surface area contributed by atoms with Gasteiger partial charge in [0, 0.05) is 10.7 Å². The molecule has 11 heteroatoms. The molecule has 0 spiro atoms. The van der Waals surface area contributed by atoms with Crippen LogP contribution in [0.4, 0.5) is 16.2 Å². The summed E-state index contributed by atoms with van der Waals surface area (Å²) >= 11 is 12.6. The molecule has 1 aliphatic heterocycles. The molecule has 3 aromatic carbocycles. The van der Waals surface area contributed by atoms with Gasteiger partial charge in [-0.25, -0.2) is 9.69 Å². The van der Waals surface area contributed by atoms with E-state index in [-0.39, 0.29) is 34.4 Å². The lowest BCUT2D eigenvalue weighted by atomic mass is 10.1. The second kappa shape index (κ2) is 11.6. The Morgan fingerprint density at radius 3 is 2.38 bits per heavy atom. The van der Waals surface area contributed by atoms with Crippen molar-refractivity contribution in [3.63, 3.8) is 0 Å². The molecule has 1 fully saturated rings. The van der Waals surface area contributed by atoms with E-state index in [1.54, 1.807) is 31.2 Å². The van der Waals surface area contributed by atoms with Crippen LogP contribution in [0.15, 0.2) is 60.2 Å². The van der Waals surface area contributed by atoms with Gasteiger partial charge in [-0.05, 0) is 67.4 Å². The molecule has 0 atom stereocenters. The molecule has 4 rings (SSSR count). The molecule has 0 radical (unpaired) electrons. The fraction of sp³-hybridized carbons (Fsp3) is 0.143. The molecular formula is C28H23Cl2N3O6. The number of carbonyl (C=O) groups excluding carboxylic acids is 4. The number of aryl methyl sites for hydroxylation is 2. The van der Waals surface area contributed by atoms with Gasteiger partial charge in [-0.1, -0.05) is 47.0 Å². The minimum absolute atomic E-state index is 0.0752. The highest BCUT2D eigenvalue weighted by Gasteiger charge is 2.37. The normalized spacial score (nSPS) is 14.3. The van der Waals surface area contributed by atoms with Crippen molar-refractivity contribution in [2.45, 2.75) is 13.8 Å². The summed E-state index contributed by atoms with van der Waals surface area (Å²) < 4.78 is 11.0. The zero-order valence-corrected chi connectivity index (χ0v) is 22.6. The quantitative estimate of drug-likeness (QED) is 0.295. The van der Waals surface area contributed by atoms with E-state index < -0.39 is 23.8 Å². The summed E-state index contributed by atoms with van der Waals surface area (Å²) in [6, 6.07) is 14.0. The van der Waals surface area contributed by atoms with Crippen LogP contribution in [0.2, 0.25) is 10.0 Å². The summed E-state index contributed by atoms with van der Waals surface area (Å²) in [4.78, 5) is 51.4. The van der Waals surface area contributed by atoms with Crippen molar-refractivity contribution in [3.05, 3.63) is 86.9 Å². The van der Waals surface area contributed by atoms with E-state index in [0.717, 1.165) is 16.0 Å². The number of hydrogen-bond acceptors (Lipinski definition) is 6. The zero-order chi connectivity index (χ0) is 28.3. The van der Waals surface area contributed by atoms with Gasteiger partial charge in [0.25, 0.3) is 17.7 Å². The van der Waals surface area contributed by atoms with Crippen molar-refractivity contribution in [2.24, 2.45) is 0 Å². The van der Waals surface area contributed by atoms with Crippen molar-refractivity contribution < 1.29 is 28.7 Å². The van der Waals surface area contributed by atoms with Crippen molar-refractivity contribution in [2.75, 3.05) is 23.9 Å². The number of anilines is 2. The second-order valence-corrected chi connectivity index (χ2v) is 9.44. The Balaban J connectivity index is 1.56. The first-order chi connectivity index (χ1) is 18.6. The Kier molecular flexibility index (Phi) is 8.23. The van der Waals surface area contributed by atoms with Gasteiger partial charge in [0.15, 0.2) is 18.1 Å². The molecule has 0 aliphatic carbocycles. The van der Waals surface area contributed by atoms with E-state index in [9.17, 15) is 19.2 Å². The van der Waals surface area contributed by atoms with Gasteiger partial charge < -0.3 is 14.8 Å². The molecule has 0 bridgehead atoms. The topological polar surface area (TPSA) is 114 Å². The van der Waals surface area contributed by atoms with Crippen LogP contribution in [0.5, 0.6) is 11.5 Å². The van der Waals surface area contributed by atoms with E-state index in [4.69, 9.17) is 32.7 Å². The van der Waals surface area contributed by atoms with Gasteiger partial charge in [0.05, 0.1) is 17.8 Å². The summed E-state index contributed by atoms with van der Waals surface area (Å²) in [5.41, 5.74) is 2.65. The monoisotopic (exact) mass is 567 g/mol. The molecule has 0 aromatic heterocycles. The number of rotatable bonds is 7. The van der Waals surface area contributed by atoms with Crippen LogP contribution < -0.4 is 25.0 Å². The number of ether oxygens (including phenoxy) is 2. The van der Waals surface area contributed by atoms with Crippen molar-refractivity contribution in [1.82, 2.24) is 5.32 Å². The molecule has 3 aromatic rings. The Morgan fingerprint density at radius 2 is 1.72 bits per heavy atom. The van der Waals surface area contributed by atoms with Gasteiger partial charge >= 0.3 is 6.03 Å². The number of imide groups is 2. The number of halogens is 2. The van der Waals surface area contributed by atoms with Gasteiger partial charge in [-0.3, -0.25) is 19.7 Å². The van der Waals surface area contributed by atoms with Gasteiger partial charge in [-0.15, -0.1) is 0 Å². The fourth-order valence-electron chi connectivity index (χ4n) is 3.71. The number of nitrogens with one attached hydrogen (secondary N) is 2. The average Bonchev–Trinajstić information content (AvgIpc) is 2.89. The Hall–Kier alpha value is -4.34. The highest BCUT2D eigenvalue weighted by atomic mass is 35.5. The van der Waals surface area contributed by atoms with E-state index in [2.05, 4.69) is 10.6 Å². The molecule has 1 saturated heterocycles. The standard InChI is InChI=1S/C28H23Cl2N3O6/c1-15-4-7-18(8-5-15)31-24(34)14-39-25-22(30)11-17(12-23(25)38-3)10-20-26(35)32-28(37)33(27(20)36)19-9-6-16(2)21(29)13-19/h4-13H,14H2,1-3H3,(H,31,34)(H,32,35,37)/b20-10+. The van der Waals surface area contributed by atoms with Crippen LogP contribution in [0.25, 0.3) is 6.08 Å². The Bertz CT molecular complexity index is 1520. The number of benzene rings is 3. The molecule has 0 saturated carbocycles. The maximum Gasteiger partial charge on any atom is 0.335 e. The van der Waals surface area contributed by atoms with E-state index in [1.807, 2.05) is 19.1 Å². The van der Waals surface area contributed by atoms with Crippen LogP contribution in [-0.2, 0) is 14.4 Å². The molecule has 2 N–H and O–H groups in total. The molecule has 1 heterocycles. The molecule has 39 heavy (non-hydrogen) atoms. The first kappa shape index (κ1) is 27.7. The maximum atomic E-state index is 13.2. The number of barbiturate groups is 1. The first-order valence-electron chi connectivity index (χ1n) is 11.6. The number of methoxy groups -OCH3 is 1. The van der Waals surface area contributed by atoms with E-state index in [0.29, 0.717) is 16.3 Å². The third-order valence-electron chi connectivity index (χ3n) is 5.76. The second-order valence-electron chi connectivity index (χ2n) is 8.63. The third kappa shape index (κ3) is 6.22. The highest BCUT2D eigenvalue weighted by molar-refractivity contribution is 6.39. The summed E-state index contributed by atoms with van der Waals surface area (Å²) in [6.45, 7) is 3.37. The summed E-state index contributed by atoms with van der Waals surface area (Å²) in [7, 11) is 1.38. The predicted octanol–water partition coefficient (Wildman–Crippen LogP) is 5.30. The summed E-state index contributed by atoms with van der Waals surface area (Å²) in [5.74, 6) is -1.85. The Morgan fingerprint density at radius 1 is 1.00 bits per heavy atom. The zero-order valence-electron chi connectivity index (χ0n) is 21.1. The van der Waals surface area contributed by atoms with Crippen molar-refractivity contribution >= 4 is 64.4 Å².